The second kappa shape index (κ2) is 10.4. The monoisotopic (exact) mass is 511 g/mol. The van der Waals surface area contributed by atoms with Gasteiger partial charge in [-0.05, 0) is 63.1 Å². The zero-order valence-electron chi connectivity index (χ0n) is 20.9. The highest BCUT2D eigenvalue weighted by Crippen LogP contribution is 2.38. The van der Waals surface area contributed by atoms with E-state index in [0.717, 1.165) is 25.7 Å². The van der Waals surface area contributed by atoms with E-state index >= 15 is 0 Å². The number of nitrogens with zero attached hydrogens (tertiary/aromatic N) is 2. The number of rotatable bonds is 9. The number of alkyl halides is 2. The third-order valence-electron chi connectivity index (χ3n) is 7.13. The maximum Gasteiger partial charge on any atom is 0.263 e. The Morgan fingerprint density at radius 2 is 1.89 bits per heavy atom. The van der Waals surface area contributed by atoms with E-state index in [2.05, 4.69) is 25.6 Å². The Morgan fingerprint density at radius 1 is 1.14 bits per heavy atom. The molecule has 37 heavy (non-hydrogen) atoms. The smallest absolute Gasteiger partial charge is 0.263 e. The summed E-state index contributed by atoms with van der Waals surface area (Å²) in [5, 5.41) is 6.07. The Labute approximate surface area is 213 Å². The largest absolute Gasteiger partial charge is 0.493 e. The van der Waals surface area contributed by atoms with Crippen molar-refractivity contribution in [1.29, 1.82) is 0 Å². The predicted molar refractivity (Wildman–Crippen MR) is 135 cm³/mol. The van der Waals surface area contributed by atoms with E-state index < -0.39 is 6.43 Å². The van der Waals surface area contributed by atoms with Crippen molar-refractivity contribution in [2.24, 2.45) is 5.92 Å². The van der Waals surface area contributed by atoms with Crippen molar-refractivity contribution in [3.8, 4) is 17.0 Å². The van der Waals surface area contributed by atoms with Crippen LogP contribution in [0.5, 0.6) is 5.75 Å². The van der Waals surface area contributed by atoms with Crippen molar-refractivity contribution in [3.05, 3.63) is 41.3 Å². The summed E-state index contributed by atoms with van der Waals surface area (Å²) in [4.78, 5) is 37.0. The zero-order valence-corrected chi connectivity index (χ0v) is 20.9. The molecule has 2 heterocycles. The maximum atomic E-state index is 13.6. The number of aryl methyl sites for hydroxylation is 1. The number of aromatic nitrogens is 3. The molecule has 3 N–H and O–H groups in total. The Morgan fingerprint density at radius 3 is 2.59 bits per heavy atom. The minimum atomic E-state index is -2.64. The predicted octanol–water partition coefficient (Wildman–Crippen LogP) is 4.84. The first-order valence-corrected chi connectivity index (χ1v) is 12.8. The zero-order chi connectivity index (χ0) is 26.1. The lowest BCUT2D eigenvalue weighted by atomic mass is 10.0. The van der Waals surface area contributed by atoms with Gasteiger partial charge in [0.25, 0.3) is 12.3 Å². The number of H-pyrrole nitrogens is 1. The molecular formula is C27H31F2N5O3. The van der Waals surface area contributed by atoms with E-state index in [4.69, 9.17) is 4.74 Å². The van der Waals surface area contributed by atoms with E-state index in [9.17, 15) is 18.4 Å². The van der Waals surface area contributed by atoms with Crippen molar-refractivity contribution >= 4 is 22.8 Å². The number of benzene rings is 1. The van der Waals surface area contributed by atoms with Crippen molar-refractivity contribution in [3.63, 3.8) is 0 Å². The summed E-state index contributed by atoms with van der Waals surface area (Å²) in [7, 11) is 0. The summed E-state index contributed by atoms with van der Waals surface area (Å²) in [6, 6.07) is 4.31. The summed E-state index contributed by atoms with van der Waals surface area (Å²) in [6.45, 7) is 4.11. The van der Waals surface area contributed by atoms with Gasteiger partial charge in [-0.2, -0.15) is 0 Å². The van der Waals surface area contributed by atoms with Crippen LogP contribution in [0.15, 0.2) is 24.5 Å². The van der Waals surface area contributed by atoms with Gasteiger partial charge in [-0.25, -0.2) is 18.7 Å². The number of carbonyl (C=O) groups excluding carboxylic acids is 2. The van der Waals surface area contributed by atoms with Crippen LogP contribution in [0.3, 0.4) is 0 Å². The second-order valence-electron chi connectivity index (χ2n) is 9.98. The minimum absolute atomic E-state index is 0.00469. The molecule has 8 nitrogen and oxygen atoms in total. The highest BCUT2D eigenvalue weighted by molar-refractivity contribution is 6.09. The molecule has 2 atom stereocenters. The standard InChI is InChI=1S/C27H31F2N5O3/c1-3-21(35)33-17-7-8-18(11-17)34-27(36)22-14(2)32-25-23(30-13-31-24(22)25)19-10-16(26(28)29)6-9-20(19)37-12-15-4-5-15/h6,9-10,13,15,17-18,26,32H,3-5,7-8,11-12H2,1-2H3,(H,33,35)(H,34,36)/t17-,18-/m0/s1. The molecule has 0 saturated heterocycles. The Balaban J connectivity index is 1.44. The lowest BCUT2D eigenvalue weighted by Crippen LogP contribution is -2.37. The number of ether oxygens (including phenoxy) is 1. The first-order chi connectivity index (χ1) is 17.8. The molecule has 0 bridgehead atoms. The number of fused-ring (bicyclic) bond motifs is 1. The molecule has 2 amide bonds. The van der Waals surface area contributed by atoms with Crippen molar-refractivity contribution in [2.45, 2.75) is 70.9 Å². The van der Waals surface area contributed by atoms with Crippen molar-refractivity contribution < 1.29 is 23.1 Å². The van der Waals surface area contributed by atoms with Crippen LogP contribution in [0.25, 0.3) is 22.3 Å². The Kier molecular flexibility index (Phi) is 7.08. The maximum absolute atomic E-state index is 13.6. The Bertz CT molecular complexity index is 1320. The number of aromatic amines is 1. The van der Waals surface area contributed by atoms with Crippen molar-refractivity contribution in [1.82, 2.24) is 25.6 Å². The molecule has 0 aliphatic heterocycles. The van der Waals surface area contributed by atoms with Crippen LogP contribution >= 0.6 is 0 Å². The Hall–Kier alpha value is -3.56. The average molecular weight is 512 g/mol. The molecule has 5 rings (SSSR count). The molecule has 3 aromatic rings. The summed E-state index contributed by atoms with van der Waals surface area (Å²) < 4.78 is 33.1. The molecule has 0 unspecified atom stereocenters. The molecule has 2 fully saturated rings. The number of hydrogen-bond acceptors (Lipinski definition) is 5. The van der Waals surface area contributed by atoms with E-state index in [0.29, 0.717) is 64.7 Å². The summed E-state index contributed by atoms with van der Waals surface area (Å²) in [5.41, 5.74) is 2.62. The highest BCUT2D eigenvalue weighted by Gasteiger charge is 2.29. The van der Waals surface area contributed by atoms with Crippen LogP contribution in [0.4, 0.5) is 8.78 Å². The fraction of sp³-hybridized carbons (Fsp3) is 0.481. The third kappa shape index (κ3) is 5.42. The molecule has 196 valence electrons. The van der Waals surface area contributed by atoms with E-state index in [1.165, 1.54) is 18.5 Å². The molecule has 10 heteroatoms. The molecule has 0 radical (unpaired) electrons. The fourth-order valence-electron chi connectivity index (χ4n) is 4.92. The van der Waals surface area contributed by atoms with Gasteiger partial charge in [0, 0.05) is 35.3 Å². The second-order valence-corrected chi connectivity index (χ2v) is 9.98. The van der Waals surface area contributed by atoms with E-state index in [-0.39, 0.29) is 29.5 Å². The van der Waals surface area contributed by atoms with E-state index in [1.807, 2.05) is 6.92 Å². The van der Waals surface area contributed by atoms with Crippen molar-refractivity contribution in [2.75, 3.05) is 6.61 Å². The van der Waals surface area contributed by atoms with Crippen LogP contribution in [-0.2, 0) is 4.79 Å². The van der Waals surface area contributed by atoms with Gasteiger partial charge >= 0.3 is 0 Å². The van der Waals surface area contributed by atoms with E-state index in [1.54, 1.807) is 13.0 Å². The first kappa shape index (κ1) is 25.1. The summed E-state index contributed by atoms with van der Waals surface area (Å²) >= 11 is 0. The molecule has 2 saturated carbocycles. The summed E-state index contributed by atoms with van der Waals surface area (Å²) in [6.07, 6.45) is 3.57. The average Bonchev–Trinajstić information content (AvgIpc) is 3.51. The lowest BCUT2D eigenvalue weighted by Gasteiger charge is -2.15. The molecular weight excluding hydrogens is 480 g/mol. The lowest BCUT2D eigenvalue weighted by molar-refractivity contribution is -0.121. The molecule has 1 aromatic carbocycles. The first-order valence-electron chi connectivity index (χ1n) is 12.8. The van der Waals surface area contributed by atoms with Gasteiger partial charge in [0.1, 0.15) is 23.3 Å². The highest BCUT2D eigenvalue weighted by atomic mass is 19.3. The molecule has 2 aliphatic rings. The quantitative estimate of drug-likeness (QED) is 0.381. The fourth-order valence-corrected chi connectivity index (χ4v) is 4.92. The normalized spacial score (nSPS) is 19.4. The van der Waals surface area contributed by atoms with Gasteiger partial charge in [-0.3, -0.25) is 9.59 Å². The SMILES string of the molecule is CCC(=O)N[C@H]1CC[C@H](NC(=O)c2c(C)[nH]c3c(-c4cc(C(F)F)ccc4OCC4CC4)ncnc23)C1. The van der Waals surface area contributed by atoms with Gasteiger partial charge in [0.05, 0.1) is 17.7 Å². The molecule has 0 spiro atoms. The van der Waals surface area contributed by atoms with Gasteiger partial charge in [0.15, 0.2) is 0 Å². The number of amides is 2. The third-order valence-corrected chi connectivity index (χ3v) is 7.13. The molecule has 2 aromatic heterocycles. The number of halogens is 2. The van der Waals surface area contributed by atoms with Crippen LogP contribution in [-0.4, -0.2) is 45.5 Å². The van der Waals surface area contributed by atoms with Crippen LogP contribution in [0, 0.1) is 12.8 Å². The van der Waals surface area contributed by atoms with Gasteiger partial charge in [-0.15, -0.1) is 0 Å². The van der Waals surface area contributed by atoms with Crippen LogP contribution in [0.2, 0.25) is 0 Å². The number of carbonyl (C=O) groups is 2. The van der Waals surface area contributed by atoms with Crippen LogP contribution in [0.1, 0.15) is 73.5 Å². The van der Waals surface area contributed by atoms with Gasteiger partial charge in [-0.1, -0.05) is 6.92 Å². The topological polar surface area (TPSA) is 109 Å². The number of nitrogens with one attached hydrogen (secondary N) is 3. The van der Waals surface area contributed by atoms with Crippen LogP contribution < -0.4 is 15.4 Å². The van der Waals surface area contributed by atoms with Gasteiger partial charge in [0.2, 0.25) is 5.91 Å². The summed E-state index contributed by atoms with van der Waals surface area (Å²) in [5.74, 6) is 0.694. The van der Waals surface area contributed by atoms with Gasteiger partial charge < -0.3 is 20.4 Å². The minimum Gasteiger partial charge on any atom is -0.493 e. The number of hydrogen-bond donors (Lipinski definition) is 3. The molecule has 2 aliphatic carbocycles.